The molecule has 1 saturated carbocycles. The number of hydrogen-bond donors (Lipinski definition) is 0. The molecular weight excluding hydrogens is 268 g/mol. The van der Waals surface area contributed by atoms with Crippen LogP contribution in [0.1, 0.15) is 51.4 Å². The molecule has 2 nitrogen and oxygen atoms in total. The van der Waals surface area contributed by atoms with E-state index in [4.69, 9.17) is 11.6 Å². The van der Waals surface area contributed by atoms with Crippen molar-refractivity contribution < 1.29 is 8.42 Å². The van der Waals surface area contributed by atoms with Crippen molar-refractivity contribution in [3.63, 3.8) is 0 Å². The quantitative estimate of drug-likeness (QED) is 0.574. The van der Waals surface area contributed by atoms with E-state index in [0.717, 1.165) is 38.5 Å². The van der Waals surface area contributed by atoms with Gasteiger partial charge in [-0.15, -0.1) is 11.6 Å². The van der Waals surface area contributed by atoms with Gasteiger partial charge in [-0.3, -0.25) is 0 Å². The number of rotatable bonds is 2. The predicted octanol–water partition coefficient (Wildman–Crippen LogP) is 3.70. The van der Waals surface area contributed by atoms with Gasteiger partial charge in [-0.2, -0.15) is 0 Å². The Hall–Kier alpha value is -0.0200. The number of alkyl halides is 1. The summed E-state index contributed by atoms with van der Waals surface area (Å²) < 4.78 is 23.4. The van der Waals surface area contributed by atoms with Gasteiger partial charge in [0.1, 0.15) is 9.84 Å². The van der Waals surface area contributed by atoms with Gasteiger partial charge in [0.05, 0.1) is 10.6 Å². The van der Waals surface area contributed by atoms with Crippen molar-refractivity contribution in [2.24, 2.45) is 5.92 Å². The smallest absolute Gasteiger partial charge is 0.150 e. The molecule has 0 aromatic carbocycles. The summed E-state index contributed by atoms with van der Waals surface area (Å²) >= 11 is 6.27. The topological polar surface area (TPSA) is 34.1 Å². The summed E-state index contributed by atoms with van der Waals surface area (Å²) in [5.41, 5.74) is 1.43. The molecule has 2 aliphatic rings. The Labute approximate surface area is 116 Å². The maximum atomic E-state index is 11.7. The highest BCUT2D eigenvalue weighted by Crippen LogP contribution is 2.37. The van der Waals surface area contributed by atoms with Gasteiger partial charge in [0, 0.05) is 6.26 Å². The third kappa shape index (κ3) is 3.74. The Morgan fingerprint density at radius 3 is 2.67 bits per heavy atom. The molecular formula is C14H23ClO2S. The summed E-state index contributed by atoms with van der Waals surface area (Å²) in [6, 6.07) is 0. The van der Waals surface area contributed by atoms with Crippen LogP contribution in [0.5, 0.6) is 0 Å². The molecule has 2 aliphatic carbocycles. The van der Waals surface area contributed by atoms with Gasteiger partial charge < -0.3 is 0 Å². The van der Waals surface area contributed by atoms with Gasteiger partial charge in [-0.05, 0) is 44.4 Å². The summed E-state index contributed by atoms with van der Waals surface area (Å²) in [6.45, 7) is 0. The fourth-order valence-corrected chi connectivity index (χ4v) is 4.77. The van der Waals surface area contributed by atoms with E-state index in [9.17, 15) is 8.42 Å². The highest BCUT2D eigenvalue weighted by atomic mass is 35.5. The summed E-state index contributed by atoms with van der Waals surface area (Å²) in [6.07, 6.45) is 12.0. The zero-order valence-corrected chi connectivity index (χ0v) is 12.6. The normalized spacial score (nSPS) is 34.8. The molecule has 0 amide bonds. The molecule has 0 bridgehead atoms. The van der Waals surface area contributed by atoms with Gasteiger partial charge in [0.2, 0.25) is 0 Å². The lowest BCUT2D eigenvalue weighted by Crippen LogP contribution is -2.28. The van der Waals surface area contributed by atoms with Gasteiger partial charge in [0.15, 0.2) is 0 Å². The lowest BCUT2D eigenvalue weighted by molar-refractivity contribution is 0.391. The first-order chi connectivity index (χ1) is 8.47. The van der Waals surface area contributed by atoms with E-state index in [0.29, 0.717) is 5.92 Å². The fourth-order valence-electron chi connectivity index (χ4n) is 3.28. The molecule has 0 aromatic heterocycles. The van der Waals surface area contributed by atoms with Crippen LogP contribution in [0.25, 0.3) is 0 Å². The Bertz CT molecular complexity index is 414. The van der Waals surface area contributed by atoms with Crippen LogP contribution < -0.4 is 0 Å². The lowest BCUT2D eigenvalue weighted by Gasteiger charge is -2.30. The van der Waals surface area contributed by atoms with Crippen molar-refractivity contribution in [1.29, 1.82) is 0 Å². The first-order valence-electron chi connectivity index (χ1n) is 7.00. The second kappa shape index (κ2) is 5.96. The Morgan fingerprint density at radius 1 is 1.17 bits per heavy atom. The molecule has 18 heavy (non-hydrogen) atoms. The minimum atomic E-state index is -2.88. The molecule has 0 aliphatic heterocycles. The molecule has 0 N–H and O–H groups in total. The monoisotopic (exact) mass is 290 g/mol. The molecule has 0 heterocycles. The first kappa shape index (κ1) is 14.4. The number of hydrogen-bond acceptors (Lipinski definition) is 2. The van der Waals surface area contributed by atoms with Crippen LogP contribution in [-0.4, -0.2) is 25.3 Å². The van der Waals surface area contributed by atoms with Crippen LogP contribution in [0.4, 0.5) is 0 Å². The largest absolute Gasteiger partial charge is 0.229 e. The SMILES string of the molecule is CS(=O)(=O)C1CCCC(C2=CC(Cl)CCCC2)C1. The van der Waals surface area contributed by atoms with Gasteiger partial charge in [-0.25, -0.2) is 8.42 Å². The lowest BCUT2D eigenvalue weighted by atomic mass is 9.82. The summed E-state index contributed by atoms with van der Waals surface area (Å²) in [5, 5.41) is 0.0234. The molecule has 104 valence electrons. The van der Waals surface area contributed by atoms with Crippen LogP contribution >= 0.6 is 11.6 Å². The van der Waals surface area contributed by atoms with E-state index < -0.39 is 9.84 Å². The van der Waals surface area contributed by atoms with Gasteiger partial charge in [-0.1, -0.05) is 24.5 Å². The van der Waals surface area contributed by atoms with Gasteiger partial charge >= 0.3 is 0 Å². The molecule has 0 saturated heterocycles. The van der Waals surface area contributed by atoms with Crippen molar-refractivity contribution in [2.45, 2.75) is 62.0 Å². The maximum Gasteiger partial charge on any atom is 0.150 e. The van der Waals surface area contributed by atoms with Crippen LogP contribution in [-0.2, 0) is 9.84 Å². The zero-order valence-electron chi connectivity index (χ0n) is 11.1. The molecule has 3 atom stereocenters. The molecule has 2 rings (SSSR count). The minimum Gasteiger partial charge on any atom is -0.229 e. The van der Waals surface area contributed by atoms with E-state index in [-0.39, 0.29) is 10.6 Å². The fraction of sp³-hybridized carbons (Fsp3) is 0.857. The van der Waals surface area contributed by atoms with Crippen LogP contribution in [0, 0.1) is 5.92 Å². The van der Waals surface area contributed by atoms with E-state index in [2.05, 4.69) is 6.08 Å². The number of sulfone groups is 1. The van der Waals surface area contributed by atoms with Crippen molar-refractivity contribution in [3.8, 4) is 0 Å². The van der Waals surface area contributed by atoms with Crippen LogP contribution in [0.3, 0.4) is 0 Å². The van der Waals surface area contributed by atoms with Crippen molar-refractivity contribution >= 4 is 21.4 Å². The summed E-state index contributed by atoms with van der Waals surface area (Å²) in [4.78, 5) is 0. The maximum absolute atomic E-state index is 11.7. The van der Waals surface area contributed by atoms with Crippen molar-refractivity contribution in [2.75, 3.05) is 6.26 Å². The second-order valence-electron chi connectivity index (χ2n) is 5.82. The number of halogens is 1. The molecule has 3 unspecified atom stereocenters. The van der Waals surface area contributed by atoms with Gasteiger partial charge in [0.25, 0.3) is 0 Å². The molecule has 4 heteroatoms. The number of allylic oxidation sites excluding steroid dienone is 2. The first-order valence-corrected chi connectivity index (χ1v) is 9.39. The second-order valence-corrected chi connectivity index (χ2v) is 8.70. The van der Waals surface area contributed by atoms with Crippen LogP contribution in [0.2, 0.25) is 0 Å². The average Bonchev–Trinajstić information content (AvgIpc) is 2.53. The third-order valence-electron chi connectivity index (χ3n) is 4.35. The molecule has 0 aromatic rings. The highest BCUT2D eigenvalue weighted by Gasteiger charge is 2.30. The zero-order chi connectivity index (χ0) is 13.2. The predicted molar refractivity (Wildman–Crippen MR) is 76.8 cm³/mol. The van der Waals surface area contributed by atoms with E-state index in [1.165, 1.54) is 24.7 Å². The van der Waals surface area contributed by atoms with E-state index in [1.54, 1.807) is 0 Å². The summed E-state index contributed by atoms with van der Waals surface area (Å²) in [7, 11) is -2.88. The average molecular weight is 291 g/mol. The van der Waals surface area contributed by atoms with E-state index >= 15 is 0 Å². The molecule has 0 radical (unpaired) electrons. The van der Waals surface area contributed by atoms with Crippen LogP contribution in [0.15, 0.2) is 11.6 Å². The Morgan fingerprint density at radius 2 is 1.94 bits per heavy atom. The molecule has 1 fully saturated rings. The van der Waals surface area contributed by atoms with Crippen molar-refractivity contribution in [1.82, 2.24) is 0 Å². The minimum absolute atomic E-state index is 0.130. The molecule has 0 spiro atoms. The standard InChI is InChI=1S/C14H23ClO2S/c1-18(16,17)14-8-4-6-12(10-14)11-5-2-3-7-13(15)9-11/h9,12-14H,2-8,10H2,1H3. The van der Waals surface area contributed by atoms with E-state index in [1.807, 2.05) is 0 Å². The Balaban J connectivity index is 2.08. The highest BCUT2D eigenvalue weighted by molar-refractivity contribution is 7.91. The Kier molecular flexibility index (Phi) is 4.76. The summed E-state index contributed by atoms with van der Waals surface area (Å²) in [5.74, 6) is 0.456. The van der Waals surface area contributed by atoms with Crippen molar-refractivity contribution in [3.05, 3.63) is 11.6 Å². The third-order valence-corrected chi connectivity index (χ3v) is 6.33.